The Balaban J connectivity index is 1.28. The van der Waals surface area contributed by atoms with E-state index in [2.05, 4.69) is 5.32 Å². The van der Waals surface area contributed by atoms with Gasteiger partial charge >= 0.3 is 0 Å². The minimum absolute atomic E-state index is 0.0354. The number of aryl methyl sites for hydroxylation is 2. The molecule has 2 aromatic carbocycles. The molecule has 3 N–H and O–H groups in total. The van der Waals surface area contributed by atoms with Crippen molar-refractivity contribution in [3.8, 4) is 11.5 Å². The van der Waals surface area contributed by atoms with Crippen LogP contribution in [0.25, 0.3) is 11.0 Å². The highest BCUT2D eigenvalue weighted by atomic mass is 16.7. The molecule has 0 spiro atoms. The Morgan fingerprint density at radius 2 is 1.77 bits per heavy atom. The second kappa shape index (κ2) is 12.0. The number of nitrogens with two attached hydrogens (primary N) is 1. The number of aromatic nitrogens is 2. The van der Waals surface area contributed by atoms with E-state index < -0.39 is 6.04 Å². The number of fused-ring (bicyclic) bond motifs is 3. The summed E-state index contributed by atoms with van der Waals surface area (Å²) < 4.78 is 12.9. The smallest absolute Gasteiger partial charge is 0.249 e. The lowest BCUT2D eigenvalue weighted by Gasteiger charge is -2.25. The fraction of sp³-hybridized carbons (Fsp3) is 0.382. The maximum atomic E-state index is 13.9. The molecule has 0 saturated heterocycles. The molecule has 1 aliphatic heterocycles. The molecule has 2 amide bonds. The van der Waals surface area contributed by atoms with Crippen molar-refractivity contribution in [2.75, 3.05) is 24.5 Å². The van der Waals surface area contributed by atoms with Crippen molar-refractivity contribution in [2.24, 2.45) is 0 Å². The lowest BCUT2D eigenvalue weighted by Crippen LogP contribution is -2.49. The van der Waals surface area contributed by atoms with Crippen molar-refractivity contribution in [1.82, 2.24) is 14.9 Å². The predicted molar refractivity (Wildman–Crippen MR) is 168 cm³/mol. The highest BCUT2D eigenvalue weighted by Crippen LogP contribution is 2.36. The summed E-state index contributed by atoms with van der Waals surface area (Å²) in [6.45, 7) is 4.23. The summed E-state index contributed by atoms with van der Waals surface area (Å²) in [5.41, 5.74) is 14.1. The van der Waals surface area contributed by atoms with Crippen LogP contribution >= 0.6 is 0 Å². The third-order valence-electron chi connectivity index (χ3n) is 8.87. The maximum absolute atomic E-state index is 13.9. The number of amides is 2. The lowest BCUT2D eigenvalue weighted by atomic mass is 9.94. The molecule has 224 valence electrons. The predicted octanol–water partition coefficient (Wildman–Crippen LogP) is 5.01. The molecule has 9 nitrogen and oxygen atoms in total. The monoisotopic (exact) mass is 581 g/mol. The summed E-state index contributed by atoms with van der Waals surface area (Å²) in [4.78, 5) is 34.2. The number of rotatable bonds is 7. The van der Waals surface area contributed by atoms with E-state index in [1.807, 2.05) is 54.8 Å². The molecular formula is C34H39N5O4. The number of carbonyl (C=O) groups excluding carboxylic acids is 2. The molecule has 1 aliphatic carbocycles. The molecule has 2 aliphatic rings. The van der Waals surface area contributed by atoms with Gasteiger partial charge in [-0.25, -0.2) is 4.98 Å². The fourth-order valence-corrected chi connectivity index (χ4v) is 6.30. The zero-order chi connectivity index (χ0) is 30.1. The van der Waals surface area contributed by atoms with E-state index >= 15 is 0 Å². The van der Waals surface area contributed by atoms with E-state index in [1.165, 1.54) is 12.8 Å². The van der Waals surface area contributed by atoms with Crippen LogP contribution in [0.5, 0.6) is 11.5 Å². The number of hydrogen-bond donors (Lipinski definition) is 2. The van der Waals surface area contributed by atoms with Crippen LogP contribution in [-0.4, -0.2) is 41.2 Å². The molecule has 43 heavy (non-hydrogen) atoms. The summed E-state index contributed by atoms with van der Waals surface area (Å²) in [6, 6.07) is 14.3. The normalized spacial score (nSPS) is 15.0. The van der Waals surface area contributed by atoms with Crippen LogP contribution in [0.1, 0.15) is 53.8 Å². The Morgan fingerprint density at radius 1 is 1.02 bits per heavy atom. The molecule has 9 heteroatoms. The first-order valence-electron chi connectivity index (χ1n) is 15.1. The van der Waals surface area contributed by atoms with Gasteiger partial charge in [-0.2, -0.15) is 0 Å². The Kier molecular flexibility index (Phi) is 7.97. The highest BCUT2D eigenvalue weighted by Gasteiger charge is 2.28. The number of ether oxygens (including phenoxy) is 2. The molecule has 3 heterocycles. The standard InChI is InChI=1S/C34H39N5O4/c1-21-22(2)39(33-31(21)32(35)25-13-9-4-5-10-14-26(25)37-33)19-30(40)36-27(17-23-11-7-6-8-12-23)34(41)38(3)24-15-16-28-29(18-24)43-20-42-28/h6-8,11-12,15-16,18,27H,4-5,9-10,13-14,17,19-20H2,1-3H3,(H2,35,37)(H,36,40). The quantitative estimate of drug-likeness (QED) is 0.317. The average Bonchev–Trinajstić information content (AvgIpc) is 3.56. The minimum Gasteiger partial charge on any atom is -0.454 e. The summed E-state index contributed by atoms with van der Waals surface area (Å²) >= 11 is 0. The van der Waals surface area contributed by atoms with Crippen LogP contribution < -0.4 is 25.4 Å². The molecule has 1 unspecified atom stereocenters. The van der Waals surface area contributed by atoms with Gasteiger partial charge in [0.1, 0.15) is 18.2 Å². The van der Waals surface area contributed by atoms with Crippen LogP contribution in [0.15, 0.2) is 48.5 Å². The Labute approximate surface area is 252 Å². The topological polar surface area (TPSA) is 112 Å². The first kappa shape index (κ1) is 28.6. The number of nitrogen functional groups attached to an aromatic ring is 1. The van der Waals surface area contributed by atoms with Gasteiger partial charge in [0.25, 0.3) is 0 Å². The van der Waals surface area contributed by atoms with Crippen molar-refractivity contribution >= 4 is 34.2 Å². The van der Waals surface area contributed by atoms with Gasteiger partial charge in [-0.05, 0) is 68.4 Å². The van der Waals surface area contributed by atoms with Crippen LogP contribution in [0.2, 0.25) is 0 Å². The largest absolute Gasteiger partial charge is 0.454 e. The molecule has 0 bridgehead atoms. The van der Waals surface area contributed by atoms with Crippen molar-refractivity contribution < 1.29 is 19.1 Å². The Hall–Kier alpha value is -4.53. The third-order valence-corrected chi connectivity index (χ3v) is 8.87. The zero-order valence-electron chi connectivity index (χ0n) is 25.1. The second-order valence-corrected chi connectivity index (χ2v) is 11.6. The molecule has 0 fully saturated rings. The van der Waals surface area contributed by atoms with Gasteiger partial charge < -0.3 is 30.0 Å². The lowest BCUT2D eigenvalue weighted by molar-refractivity contribution is -0.127. The summed E-state index contributed by atoms with van der Waals surface area (Å²) in [7, 11) is 1.71. The number of hydrogen-bond acceptors (Lipinski definition) is 6. The Morgan fingerprint density at radius 3 is 2.56 bits per heavy atom. The van der Waals surface area contributed by atoms with Gasteiger partial charge in [0.15, 0.2) is 11.5 Å². The molecular weight excluding hydrogens is 542 g/mol. The maximum Gasteiger partial charge on any atom is 0.249 e. The van der Waals surface area contributed by atoms with Crippen molar-refractivity contribution in [2.45, 2.75) is 71.4 Å². The average molecular weight is 582 g/mol. The molecule has 0 radical (unpaired) electrons. The number of nitrogens with zero attached hydrogens (tertiary/aromatic N) is 3. The molecule has 1 atom stereocenters. The summed E-state index contributed by atoms with van der Waals surface area (Å²) in [5.74, 6) is 0.738. The van der Waals surface area contributed by atoms with Crippen LogP contribution in [0.4, 0.5) is 11.4 Å². The van der Waals surface area contributed by atoms with Crippen LogP contribution in [0.3, 0.4) is 0 Å². The van der Waals surface area contributed by atoms with Crippen molar-refractivity contribution in [1.29, 1.82) is 0 Å². The first-order chi connectivity index (χ1) is 20.8. The van der Waals surface area contributed by atoms with E-state index in [4.69, 9.17) is 20.2 Å². The van der Waals surface area contributed by atoms with E-state index in [0.717, 1.165) is 70.5 Å². The van der Waals surface area contributed by atoms with Crippen molar-refractivity contribution in [3.63, 3.8) is 0 Å². The van der Waals surface area contributed by atoms with Gasteiger partial charge in [0.05, 0.1) is 0 Å². The second-order valence-electron chi connectivity index (χ2n) is 11.6. The minimum atomic E-state index is -0.786. The SMILES string of the molecule is Cc1c(C)n(CC(=O)NC(Cc2ccccc2)C(=O)N(C)c2ccc3c(c2)OCO3)c2nc3c(c(N)c12)CCCCCC3. The van der Waals surface area contributed by atoms with Gasteiger partial charge in [-0.3, -0.25) is 9.59 Å². The summed E-state index contributed by atoms with van der Waals surface area (Å²) in [6.07, 6.45) is 6.79. The van der Waals surface area contributed by atoms with Crippen molar-refractivity contribution in [3.05, 3.63) is 76.6 Å². The van der Waals surface area contributed by atoms with E-state index in [9.17, 15) is 9.59 Å². The molecule has 6 rings (SSSR count). The molecule has 4 aromatic rings. The summed E-state index contributed by atoms with van der Waals surface area (Å²) in [5, 5.41) is 3.98. The van der Waals surface area contributed by atoms with Gasteiger partial charge in [-0.1, -0.05) is 43.2 Å². The first-order valence-corrected chi connectivity index (χ1v) is 15.1. The molecule has 2 aromatic heterocycles. The number of anilines is 2. The van der Waals surface area contributed by atoms with Gasteiger partial charge in [0.2, 0.25) is 18.6 Å². The van der Waals surface area contributed by atoms with E-state index in [0.29, 0.717) is 23.6 Å². The number of pyridine rings is 1. The fourth-order valence-electron chi connectivity index (χ4n) is 6.30. The number of nitrogens with one attached hydrogen (secondary N) is 1. The van der Waals surface area contributed by atoms with E-state index in [1.54, 1.807) is 24.1 Å². The van der Waals surface area contributed by atoms with E-state index in [-0.39, 0.29) is 25.2 Å². The zero-order valence-corrected chi connectivity index (χ0v) is 25.1. The molecule has 0 saturated carbocycles. The van der Waals surface area contributed by atoms with Crippen LogP contribution in [0, 0.1) is 13.8 Å². The van der Waals surface area contributed by atoms with Crippen LogP contribution in [-0.2, 0) is 35.4 Å². The number of likely N-dealkylation sites (N-methyl/N-ethyl adjacent to an activating group) is 1. The Bertz CT molecular complexity index is 1680. The number of carbonyl (C=O) groups is 2. The van der Waals surface area contributed by atoms with Gasteiger partial charge in [0, 0.05) is 47.7 Å². The third kappa shape index (κ3) is 5.63. The van der Waals surface area contributed by atoms with Gasteiger partial charge in [-0.15, -0.1) is 0 Å². The number of benzene rings is 2. The highest BCUT2D eigenvalue weighted by molar-refractivity contribution is 6.00.